The van der Waals surface area contributed by atoms with Crippen LogP contribution in [0.4, 0.5) is 0 Å². The molecule has 0 aliphatic heterocycles. The molecule has 0 radical (unpaired) electrons. The highest BCUT2D eigenvalue weighted by molar-refractivity contribution is 7.08. The van der Waals surface area contributed by atoms with Gasteiger partial charge in [-0.25, -0.2) is 0 Å². The third-order valence-electron chi connectivity index (χ3n) is 3.83. The molecule has 2 aromatic rings. The predicted octanol–water partition coefficient (Wildman–Crippen LogP) is 3.36. The quantitative estimate of drug-likeness (QED) is 0.696. The molecule has 140 valence electrons. The van der Waals surface area contributed by atoms with Crippen LogP contribution in [0, 0.1) is 0 Å². The lowest BCUT2D eigenvalue weighted by Crippen LogP contribution is -2.32. The van der Waals surface area contributed by atoms with Crippen molar-refractivity contribution in [1.82, 2.24) is 10.6 Å². The Hall–Kier alpha value is -2.34. The van der Waals surface area contributed by atoms with Gasteiger partial charge in [-0.1, -0.05) is 32.9 Å². The highest BCUT2D eigenvalue weighted by atomic mass is 32.1. The molecule has 26 heavy (non-hydrogen) atoms. The molecule has 0 bridgehead atoms. The van der Waals surface area contributed by atoms with Crippen LogP contribution in [0.2, 0.25) is 0 Å². The molecule has 0 aliphatic carbocycles. The Morgan fingerprint density at radius 3 is 2.38 bits per heavy atom. The van der Waals surface area contributed by atoms with Gasteiger partial charge in [0.1, 0.15) is 12.4 Å². The summed E-state index contributed by atoms with van der Waals surface area (Å²) in [6, 6.07) is 9.77. The topological polar surface area (TPSA) is 67.4 Å². The van der Waals surface area contributed by atoms with Gasteiger partial charge in [0.2, 0.25) is 5.91 Å². The summed E-state index contributed by atoms with van der Waals surface area (Å²) in [5, 5.41) is 9.13. The Morgan fingerprint density at radius 1 is 1.04 bits per heavy atom. The number of hydrogen-bond acceptors (Lipinski definition) is 4. The molecule has 2 rings (SSSR count). The van der Waals surface area contributed by atoms with Crippen molar-refractivity contribution >= 4 is 23.2 Å². The van der Waals surface area contributed by atoms with Crippen molar-refractivity contribution < 1.29 is 14.3 Å². The smallest absolute Gasteiger partial charge is 0.252 e. The molecule has 6 heteroatoms. The Kier molecular flexibility index (Phi) is 7.21. The molecule has 1 aromatic carbocycles. The molecule has 1 heterocycles. The van der Waals surface area contributed by atoms with Gasteiger partial charge < -0.3 is 15.4 Å². The van der Waals surface area contributed by atoms with Crippen LogP contribution in [0.5, 0.6) is 5.75 Å². The second-order valence-corrected chi connectivity index (χ2v) is 7.77. The minimum atomic E-state index is -0.152. The van der Waals surface area contributed by atoms with Crippen LogP contribution in [-0.4, -0.2) is 31.5 Å². The number of hydrogen-bond donors (Lipinski definition) is 2. The first-order chi connectivity index (χ1) is 12.4. The lowest BCUT2D eigenvalue weighted by molar-refractivity contribution is -0.121. The van der Waals surface area contributed by atoms with Crippen molar-refractivity contribution in [3.63, 3.8) is 0 Å². The molecule has 2 amide bonds. The molecule has 0 atom stereocenters. The first-order valence-electron chi connectivity index (χ1n) is 8.67. The van der Waals surface area contributed by atoms with Gasteiger partial charge in [0.25, 0.3) is 5.91 Å². The zero-order valence-corrected chi connectivity index (χ0v) is 16.3. The monoisotopic (exact) mass is 374 g/mol. The van der Waals surface area contributed by atoms with E-state index in [2.05, 4.69) is 43.5 Å². The van der Waals surface area contributed by atoms with Gasteiger partial charge in [0.15, 0.2) is 0 Å². The molecular formula is C20H26N2O3S. The van der Waals surface area contributed by atoms with E-state index in [-0.39, 0.29) is 23.7 Å². The predicted molar refractivity (Wildman–Crippen MR) is 105 cm³/mol. The molecule has 0 saturated carbocycles. The second-order valence-electron chi connectivity index (χ2n) is 6.99. The van der Waals surface area contributed by atoms with Crippen molar-refractivity contribution in [1.29, 1.82) is 0 Å². The number of amides is 2. The van der Waals surface area contributed by atoms with E-state index in [0.29, 0.717) is 25.3 Å². The highest BCUT2D eigenvalue weighted by Gasteiger charge is 2.13. The summed E-state index contributed by atoms with van der Waals surface area (Å²) in [5.41, 5.74) is 2.00. The Bertz CT molecular complexity index is 704. The fraction of sp³-hybridized carbons (Fsp3) is 0.400. The van der Waals surface area contributed by atoms with E-state index in [1.165, 1.54) is 16.9 Å². The first kappa shape index (κ1) is 20.0. The molecule has 0 unspecified atom stereocenters. The average Bonchev–Trinajstić information content (AvgIpc) is 3.13. The number of thiophene rings is 1. The molecule has 0 saturated heterocycles. The summed E-state index contributed by atoms with van der Waals surface area (Å²) in [6.07, 6.45) is 0.246. The number of carbonyl (C=O) groups excluding carboxylic acids is 2. The third kappa shape index (κ3) is 6.52. The maximum absolute atomic E-state index is 11.8. The summed E-state index contributed by atoms with van der Waals surface area (Å²) >= 11 is 1.47. The lowest BCUT2D eigenvalue weighted by Gasteiger charge is -2.19. The van der Waals surface area contributed by atoms with Crippen LogP contribution in [0.15, 0.2) is 41.1 Å². The van der Waals surface area contributed by atoms with E-state index >= 15 is 0 Å². The molecule has 0 fully saturated rings. The van der Waals surface area contributed by atoms with Gasteiger partial charge in [0.05, 0.1) is 6.54 Å². The van der Waals surface area contributed by atoms with Crippen molar-refractivity contribution in [2.24, 2.45) is 0 Å². The first-order valence-corrected chi connectivity index (χ1v) is 9.61. The maximum Gasteiger partial charge on any atom is 0.252 e. The molecule has 0 spiro atoms. The molecule has 5 nitrogen and oxygen atoms in total. The van der Waals surface area contributed by atoms with E-state index in [1.54, 1.807) is 11.4 Å². The number of carbonyl (C=O) groups is 2. The SMILES string of the molecule is CC(C)(C)c1ccc(OCCNC(=O)CCNC(=O)c2ccsc2)cc1. The standard InChI is InChI=1S/C20H26N2O3S/c1-20(2,3)16-4-6-17(7-5-16)25-12-11-21-18(23)8-10-22-19(24)15-9-13-26-14-15/h4-7,9,13-14H,8,10-12H2,1-3H3,(H,21,23)(H,22,24). The third-order valence-corrected chi connectivity index (χ3v) is 4.52. The number of benzene rings is 1. The van der Waals surface area contributed by atoms with Crippen LogP contribution < -0.4 is 15.4 Å². The van der Waals surface area contributed by atoms with Crippen molar-refractivity contribution in [3.8, 4) is 5.75 Å². The normalized spacial score (nSPS) is 11.0. The lowest BCUT2D eigenvalue weighted by atomic mass is 9.87. The van der Waals surface area contributed by atoms with Crippen LogP contribution in [0.3, 0.4) is 0 Å². The van der Waals surface area contributed by atoms with Gasteiger partial charge in [-0.2, -0.15) is 11.3 Å². The van der Waals surface area contributed by atoms with Gasteiger partial charge in [-0.05, 0) is 34.6 Å². The summed E-state index contributed by atoms with van der Waals surface area (Å²) in [4.78, 5) is 23.5. The summed E-state index contributed by atoms with van der Waals surface area (Å²) in [5.74, 6) is 0.527. The van der Waals surface area contributed by atoms with Crippen LogP contribution in [0.1, 0.15) is 43.1 Å². The molecule has 2 N–H and O–H groups in total. The van der Waals surface area contributed by atoms with Gasteiger partial charge in [-0.15, -0.1) is 0 Å². The van der Waals surface area contributed by atoms with E-state index in [1.807, 2.05) is 17.5 Å². The molecular weight excluding hydrogens is 348 g/mol. The fourth-order valence-electron chi connectivity index (χ4n) is 2.28. The van der Waals surface area contributed by atoms with Crippen LogP contribution in [-0.2, 0) is 10.2 Å². The molecule has 0 aliphatic rings. The average molecular weight is 375 g/mol. The second kappa shape index (κ2) is 9.38. The van der Waals surface area contributed by atoms with E-state index < -0.39 is 0 Å². The summed E-state index contributed by atoms with van der Waals surface area (Å²) < 4.78 is 5.63. The number of rotatable bonds is 8. The summed E-state index contributed by atoms with van der Waals surface area (Å²) in [6.45, 7) is 7.65. The van der Waals surface area contributed by atoms with Gasteiger partial charge >= 0.3 is 0 Å². The van der Waals surface area contributed by atoms with Gasteiger partial charge in [0, 0.05) is 23.9 Å². The van der Waals surface area contributed by atoms with E-state index in [4.69, 9.17) is 4.74 Å². The van der Waals surface area contributed by atoms with Crippen molar-refractivity contribution in [2.75, 3.05) is 19.7 Å². The zero-order chi connectivity index (χ0) is 19.0. The van der Waals surface area contributed by atoms with Crippen molar-refractivity contribution in [3.05, 3.63) is 52.2 Å². The zero-order valence-electron chi connectivity index (χ0n) is 15.5. The Morgan fingerprint density at radius 2 is 1.77 bits per heavy atom. The van der Waals surface area contributed by atoms with Crippen LogP contribution >= 0.6 is 11.3 Å². The summed E-state index contributed by atoms with van der Waals surface area (Å²) in [7, 11) is 0. The number of ether oxygens (including phenoxy) is 1. The maximum atomic E-state index is 11.8. The largest absolute Gasteiger partial charge is 0.492 e. The minimum Gasteiger partial charge on any atom is -0.492 e. The van der Waals surface area contributed by atoms with Crippen molar-refractivity contribution in [2.45, 2.75) is 32.6 Å². The van der Waals surface area contributed by atoms with Gasteiger partial charge in [-0.3, -0.25) is 9.59 Å². The van der Waals surface area contributed by atoms with Crippen LogP contribution in [0.25, 0.3) is 0 Å². The van der Waals surface area contributed by atoms with E-state index in [0.717, 1.165) is 5.75 Å². The minimum absolute atomic E-state index is 0.109. The number of nitrogens with one attached hydrogen (secondary N) is 2. The Balaban J connectivity index is 1.59. The highest BCUT2D eigenvalue weighted by Crippen LogP contribution is 2.24. The van der Waals surface area contributed by atoms with E-state index in [9.17, 15) is 9.59 Å². The fourth-order valence-corrected chi connectivity index (χ4v) is 2.92. The molecule has 1 aromatic heterocycles. The Labute approximate surface area is 158 Å².